The zero-order chi connectivity index (χ0) is 16.1. The Balaban J connectivity index is 1.57. The Labute approximate surface area is 135 Å². The molecule has 2 aromatic rings. The molecule has 122 valence electrons. The molecule has 0 radical (unpaired) electrons. The average Bonchev–Trinajstić information content (AvgIpc) is 3.07. The summed E-state index contributed by atoms with van der Waals surface area (Å²) in [6.45, 7) is 4.70. The van der Waals surface area contributed by atoms with Gasteiger partial charge in [0.15, 0.2) is 0 Å². The lowest BCUT2D eigenvalue weighted by atomic mass is 10.2. The number of carbonyl (C=O) groups excluding carboxylic acids is 1. The number of nitrogens with two attached hydrogens (primary N) is 1. The smallest absolute Gasteiger partial charge is 0.258 e. The van der Waals surface area contributed by atoms with E-state index in [1.165, 1.54) is 11.8 Å². The molecule has 3 rings (SSSR count). The molecular weight excluding hydrogens is 294 g/mol. The zero-order valence-electron chi connectivity index (χ0n) is 13.0. The van der Waals surface area contributed by atoms with Gasteiger partial charge in [0, 0.05) is 25.3 Å². The van der Waals surface area contributed by atoms with E-state index >= 15 is 0 Å². The van der Waals surface area contributed by atoms with E-state index < -0.39 is 0 Å². The van der Waals surface area contributed by atoms with Gasteiger partial charge >= 0.3 is 0 Å². The molecule has 0 spiro atoms. The van der Waals surface area contributed by atoms with Crippen LogP contribution in [-0.2, 0) is 17.8 Å². The number of hydrogen-bond acceptors (Lipinski definition) is 5. The van der Waals surface area contributed by atoms with Crippen molar-refractivity contribution in [2.24, 2.45) is 5.73 Å². The minimum atomic E-state index is -0.200. The monoisotopic (exact) mass is 315 g/mol. The van der Waals surface area contributed by atoms with Crippen LogP contribution in [0, 0.1) is 0 Å². The van der Waals surface area contributed by atoms with Crippen molar-refractivity contribution in [3.05, 3.63) is 53.5 Å². The molecular formula is C17H21N3O3. The summed E-state index contributed by atoms with van der Waals surface area (Å²) < 4.78 is 10.5. The second-order valence-corrected chi connectivity index (χ2v) is 5.55. The Hall–Kier alpha value is -2.15. The quantitative estimate of drug-likeness (QED) is 0.880. The van der Waals surface area contributed by atoms with E-state index in [1.54, 1.807) is 6.07 Å². The van der Waals surface area contributed by atoms with Gasteiger partial charge in [-0.25, -0.2) is 0 Å². The second-order valence-electron chi connectivity index (χ2n) is 5.55. The summed E-state index contributed by atoms with van der Waals surface area (Å²) in [5.74, 6) is 0.394. The van der Waals surface area contributed by atoms with E-state index in [1.807, 2.05) is 24.3 Å². The summed E-state index contributed by atoms with van der Waals surface area (Å²) in [5.41, 5.74) is 7.93. The summed E-state index contributed by atoms with van der Waals surface area (Å²) in [7, 11) is 0. The maximum absolute atomic E-state index is 12.1. The van der Waals surface area contributed by atoms with Crippen LogP contribution in [0.2, 0.25) is 0 Å². The predicted molar refractivity (Wildman–Crippen MR) is 87.1 cm³/mol. The predicted octanol–water partition coefficient (Wildman–Crippen LogP) is 1.82. The van der Waals surface area contributed by atoms with Crippen LogP contribution < -0.4 is 11.1 Å². The van der Waals surface area contributed by atoms with E-state index in [0.717, 1.165) is 38.5 Å². The lowest BCUT2D eigenvalue weighted by molar-refractivity contribution is 0.0342. The SMILES string of the molecule is NCc1cc(C(=O)Nc2ccc(CN3CCOCC3)cc2)co1. The Morgan fingerprint density at radius 1 is 1.22 bits per heavy atom. The number of rotatable bonds is 5. The second kappa shape index (κ2) is 7.41. The standard InChI is InChI=1S/C17H21N3O3/c18-10-16-9-14(12-23-16)17(21)19-15-3-1-13(2-4-15)11-20-5-7-22-8-6-20/h1-4,9,12H,5-8,10-11,18H2,(H,19,21). The number of benzene rings is 1. The van der Waals surface area contributed by atoms with E-state index in [0.29, 0.717) is 11.3 Å². The Morgan fingerprint density at radius 3 is 2.61 bits per heavy atom. The zero-order valence-corrected chi connectivity index (χ0v) is 13.0. The van der Waals surface area contributed by atoms with Crippen molar-refractivity contribution in [1.82, 2.24) is 4.90 Å². The summed E-state index contributed by atoms with van der Waals surface area (Å²) in [6.07, 6.45) is 1.42. The molecule has 0 aliphatic carbocycles. The average molecular weight is 315 g/mol. The highest BCUT2D eigenvalue weighted by molar-refractivity contribution is 6.04. The molecule has 6 heteroatoms. The van der Waals surface area contributed by atoms with Crippen molar-refractivity contribution in [2.75, 3.05) is 31.6 Å². The number of nitrogens with zero attached hydrogens (tertiary/aromatic N) is 1. The van der Waals surface area contributed by atoms with Crippen LogP contribution in [0.4, 0.5) is 5.69 Å². The van der Waals surface area contributed by atoms with E-state index in [4.69, 9.17) is 14.9 Å². The highest BCUT2D eigenvalue weighted by atomic mass is 16.5. The van der Waals surface area contributed by atoms with E-state index in [-0.39, 0.29) is 12.5 Å². The molecule has 0 atom stereocenters. The van der Waals surface area contributed by atoms with Crippen LogP contribution in [0.3, 0.4) is 0 Å². The van der Waals surface area contributed by atoms with Gasteiger partial charge in [-0.05, 0) is 23.8 Å². The molecule has 6 nitrogen and oxygen atoms in total. The van der Waals surface area contributed by atoms with Crippen molar-refractivity contribution in [2.45, 2.75) is 13.1 Å². The number of nitrogens with one attached hydrogen (secondary N) is 1. The van der Waals surface area contributed by atoms with Crippen molar-refractivity contribution in [1.29, 1.82) is 0 Å². The summed E-state index contributed by atoms with van der Waals surface area (Å²) in [4.78, 5) is 14.5. The molecule has 0 saturated carbocycles. The number of anilines is 1. The third-order valence-electron chi connectivity index (χ3n) is 3.84. The number of carbonyl (C=O) groups is 1. The lowest BCUT2D eigenvalue weighted by Gasteiger charge is -2.26. The number of furan rings is 1. The van der Waals surface area contributed by atoms with Gasteiger partial charge in [0.05, 0.1) is 25.3 Å². The Kier molecular flexibility index (Phi) is 5.07. The van der Waals surface area contributed by atoms with Crippen molar-refractivity contribution >= 4 is 11.6 Å². The maximum Gasteiger partial charge on any atom is 0.258 e. The molecule has 1 saturated heterocycles. The molecule has 1 aliphatic rings. The molecule has 1 aliphatic heterocycles. The first-order chi connectivity index (χ1) is 11.2. The number of hydrogen-bond donors (Lipinski definition) is 2. The number of morpholine rings is 1. The summed E-state index contributed by atoms with van der Waals surface area (Å²) >= 11 is 0. The van der Waals surface area contributed by atoms with Crippen LogP contribution in [-0.4, -0.2) is 37.1 Å². The molecule has 2 heterocycles. The van der Waals surface area contributed by atoms with Gasteiger partial charge < -0.3 is 20.2 Å². The van der Waals surface area contributed by atoms with Crippen molar-refractivity contribution < 1.29 is 13.9 Å². The first-order valence-electron chi connectivity index (χ1n) is 7.72. The van der Waals surface area contributed by atoms with Gasteiger partial charge in [-0.1, -0.05) is 12.1 Å². The fourth-order valence-electron chi connectivity index (χ4n) is 2.52. The molecule has 3 N–H and O–H groups in total. The van der Waals surface area contributed by atoms with Crippen LogP contribution in [0.5, 0.6) is 0 Å². The summed E-state index contributed by atoms with van der Waals surface area (Å²) in [5, 5.41) is 2.85. The number of amides is 1. The molecule has 1 fully saturated rings. The molecule has 1 aromatic heterocycles. The first-order valence-corrected chi connectivity index (χ1v) is 7.72. The Morgan fingerprint density at radius 2 is 1.96 bits per heavy atom. The lowest BCUT2D eigenvalue weighted by Crippen LogP contribution is -2.35. The minimum Gasteiger partial charge on any atom is -0.467 e. The van der Waals surface area contributed by atoms with E-state index in [2.05, 4.69) is 10.2 Å². The normalized spacial score (nSPS) is 15.5. The van der Waals surface area contributed by atoms with Gasteiger partial charge in [-0.2, -0.15) is 0 Å². The van der Waals surface area contributed by atoms with Gasteiger partial charge in [-0.3, -0.25) is 9.69 Å². The Bertz CT molecular complexity index is 645. The van der Waals surface area contributed by atoms with Crippen LogP contribution in [0.1, 0.15) is 21.7 Å². The minimum absolute atomic E-state index is 0.200. The third-order valence-corrected chi connectivity index (χ3v) is 3.84. The molecule has 23 heavy (non-hydrogen) atoms. The first kappa shape index (κ1) is 15.7. The van der Waals surface area contributed by atoms with Gasteiger partial charge in [0.25, 0.3) is 5.91 Å². The molecule has 1 aromatic carbocycles. The van der Waals surface area contributed by atoms with Crippen molar-refractivity contribution in [3.63, 3.8) is 0 Å². The van der Waals surface area contributed by atoms with E-state index in [9.17, 15) is 4.79 Å². The maximum atomic E-state index is 12.1. The number of ether oxygens (including phenoxy) is 1. The molecule has 0 unspecified atom stereocenters. The fourth-order valence-corrected chi connectivity index (χ4v) is 2.52. The summed E-state index contributed by atoms with van der Waals surface area (Å²) in [6, 6.07) is 9.55. The van der Waals surface area contributed by atoms with Gasteiger partial charge in [0.2, 0.25) is 0 Å². The largest absolute Gasteiger partial charge is 0.467 e. The highest BCUT2D eigenvalue weighted by Gasteiger charge is 2.12. The molecule has 1 amide bonds. The van der Waals surface area contributed by atoms with Crippen LogP contribution >= 0.6 is 0 Å². The molecule has 0 bridgehead atoms. The van der Waals surface area contributed by atoms with Crippen molar-refractivity contribution in [3.8, 4) is 0 Å². The van der Waals surface area contributed by atoms with Crippen LogP contribution in [0.15, 0.2) is 41.0 Å². The van der Waals surface area contributed by atoms with Gasteiger partial charge in [0.1, 0.15) is 12.0 Å². The van der Waals surface area contributed by atoms with Crippen LogP contribution in [0.25, 0.3) is 0 Å². The topological polar surface area (TPSA) is 80.7 Å². The fraction of sp³-hybridized carbons (Fsp3) is 0.353. The van der Waals surface area contributed by atoms with Gasteiger partial charge in [-0.15, -0.1) is 0 Å². The third kappa shape index (κ3) is 4.19. The highest BCUT2D eigenvalue weighted by Crippen LogP contribution is 2.15.